The van der Waals surface area contributed by atoms with Crippen molar-refractivity contribution in [2.75, 3.05) is 11.1 Å². The molecule has 0 aliphatic heterocycles. The van der Waals surface area contributed by atoms with Crippen LogP contribution in [0.5, 0.6) is 0 Å². The largest absolute Gasteiger partial charge is 0.397 e. The maximum absolute atomic E-state index is 13.4. The number of rotatable bonds is 2. The molecule has 0 aliphatic carbocycles. The molecule has 3 N–H and O–H groups in total. The first-order valence-electron chi connectivity index (χ1n) is 4.94. The van der Waals surface area contributed by atoms with Gasteiger partial charge in [0.05, 0.1) is 21.5 Å². The summed E-state index contributed by atoms with van der Waals surface area (Å²) in [6, 6.07) is 5.52. The van der Waals surface area contributed by atoms with Crippen molar-refractivity contribution in [2.24, 2.45) is 0 Å². The molecule has 0 amide bonds. The van der Waals surface area contributed by atoms with Crippen molar-refractivity contribution in [1.29, 1.82) is 0 Å². The summed E-state index contributed by atoms with van der Waals surface area (Å²) < 4.78 is 39.7. The molecule has 0 aromatic heterocycles. The highest BCUT2D eigenvalue weighted by Crippen LogP contribution is 2.29. The van der Waals surface area contributed by atoms with Crippen LogP contribution in [0.2, 0.25) is 0 Å². The maximum Gasteiger partial charge on any atom is 0.149 e. The van der Waals surface area contributed by atoms with E-state index >= 15 is 0 Å². The summed E-state index contributed by atoms with van der Waals surface area (Å²) in [5.41, 5.74) is 6.13. The summed E-state index contributed by atoms with van der Waals surface area (Å²) in [6.45, 7) is 0. The Bertz CT molecular complexity index is 602. The van der Waals surface area contributed by atoms with Gasteiger partial charge < -0.3 is 11.1 Å². The summed E-state index contributed by atoms with van der Waals surface area (Å²) >= 11 is 2.98. The van der Waals surface area contributed by atoms with Gasteiger partial charge in [0.15, 0.2) is 0 Å². The molecular weight excluding hydrogens is 309 g/mol. The smallest absolute Gasteiger partial charge is 0.149 e. The lowest BCUT2D eigenvalue weighted by Crippen LogP contribution is -1.99. The van der Waals surface area contributed by atoms with Crippen molar-refractivity contribution in [3.8, 4) is 0 Å². The molecule has 0 atom stereocenters. The Morgan fingerprint density at radius 2 is 1.67 bits per heavy atom. The zero-order valence-corrected chi connectivity index (χ0v) is 10.6. The molecular formula is C12H8BrF3N2. The molecule has 0 unspecified atom stereocenters. The Hall–Kier alpha value is -1.69. The van der Waals surface area contributed by atoms with Crippen LogP contribution < -0.4 is 11.1 Å². The highest BCUT2D eigenvalue weighted by molar-refractivity contribution is 9.10. The predicted molar refractivity (Wildman–Crippen MR) is 68.2 cm³/mol. The van der Waals surface area contributed by atoms with Gasteiger partial charge >= 0.3 is 0 Å². The minimum absolute atomic E-state index is 0.0184. The highest BCUT2D eigenvalue weighted by atomic mass is 79.9. The Labute approximate surface area is 110 Å². The molecule has 6 heteroatoms. The van der Waals surface area contributed by atoms with Gasteiger partial charge in [0, 0.05) is 12.1 Å². The van der Waals surface area contributed by atoms with Gasteiger partial charge in [-0.25, -0.2) is 13.2 Å². The molecule has 2 rings (SSSR count). The first-order valence-corrected chi connectivity index (χ1v) is 5.73. The lowest BCUT2D eigenvalue weighted by Gasteiger charge is -2.11. The standard InChI is InChI=1S/C12H8BrF3N2/c13-7-4-10(17)12(5-8(7)15)18-11-2-1-6(14)3-9(11)16/h1-5,18H,17H2. The number of hydrogen-bond acceptors (Lipinski definition) is 2. The average Bonchev–Trinajstić information content (AvgIpc) is 2.29. The van der Waals surface area contributed by atoms with Gasteiger partial charge in [0.2, 0.25) is 0 Å². The summed E-state index contributed by atoms with van der Waals surface area (Å²) in [5, 5.41) is 2.61. The summed E-state index contributed by atoms with van der Waals surface area (Å²) in [5.74, 6) is -2.00. The van der Waals surface area contributed by atoms with Gasteiger partial charge in [-0.1, -0.05) is 0 Å². The molecule has 0 bridgehead atoms. The average molecular weight is 317 g/mol. The highest BCUT2D eigenvalue weighted by Gasteiger charge is 2.09. The molecule has 0 fully saturated rings. The van der Waals surface area contributed by atoms with E-state index in [1.165, 1.54) is 12.1 Å². The second kappa shape index (κ2) is 4.89. The fourth-order valence-electron chi connectivity index (χ4n) is 1.41. The Kier molecular flexibility index (Phi) is 3.47. The molecule has 0 radical (unpaired) electrons. The predicted octanol–water partition coefficient (Wildman–Crippen LogP) is 4.19. The van der Waals surface area contributed by atoms with E-state index in [-0.39, 0.29) is 21.5 Å². The van der Waals surface area contributed by atoms with Gasteiger partial charge in [0.1, 0.15) is 17.5 Å². The van der Waals surface area contributed by atoms with Crippen LogP contribution >= 0.6 is 15.9 Å². The van der Waals surface area contributed by atoms with Crippen LogP contribution in [0.25, 0.3) is 0 Å². The fraction of sp³-hybridized carbons (Fsp3) is 0. The molecule has 18 heavy (non-hydrogen) atoms. The van der Waals surface area contributed by atoms with Gasteiger partial charge in [0.25, 0.3) is 0 Å². The first kappa shape index (κ1) is 12.8. The van der Waals surface area contributed by atoms with E-state index in [0.717, 1.165) is 18.2 Å². The SMILES string of the molecule is Nc1cc(Br)c(F)cc1Nc1ccc(F)cc1F. The zero-order valence-electron chi connectivity index (χ0n) is 8.98. The van der Waals surface area contributed by atoms with Gasteiger partial charge in [-0.3, -0.25) is 0 Å². The number of halogens is 4. The Balaban J connectivity index is 2.37. The van der Waals surface area contributed by atoms with E-state index in [2.05, 4.69) is 21.2 Å². The van der Waals surface area contributed by atoms with E-state index in [4.69, 9.17) is 5.73 Å². The second-order valence-electron chi connectivity index (χ2n) is 3.60. The van der Waals surface area contributed by atoms with Gasteiger partial charge in [-0.15, -0.1) is 0 Å². The number of nitrogens with two attached hydrogens (primary N) is 1. The molecule has 0 aliphatic rings. The monoisotopic (exact) mass is 316 g/mol. The molecule has 0 heterocycles. The van der Waals surface area contributed by atoms with Crippen LogP contribution in [0.4, 0.5) is 30.2 Å². The fourth-order valence-corrected chi connectivity index (χ4v) is 1.77. The van der Waals surface area contributed by atoms with Crippen LogP contribution in [0, 0.1) is 17.5 Å². The van der Waals surface area contributed by atoms with E-state index in [1.807, 2.05) is 0 Å². The normalized spacial score (nSPS) is 10.4. The summed E-state index contributed by atoms with van der Waals surface area (Å²) in [6.07, 6.45) is 0. The minimum atomic E-state index is -0.780. The third kappa shape index (κ3) is 2.59. The number of benzene rings is 2. The number of hydrogen-bond donors (Lipinski definition) is 2. The summed E-state index contributed by atoms with van der Waals surface area (Å²) in [7, 11) is 0. The maximum atomic E-state index is 13.4. The van der Waals surface area contributed by atoms with Crippen molar-refractivity contribution in [2.45, 2.75) is 0 Å². The second-order valence-corrected chi connectivity index (χ2v) is 4.46. The molecule has 2 aromatic rings. The van der Waals surface area contributed by atoms with Crippen molar-refractivity contribution in [1.82, 2.24) is 0 Å². The molecule has 2 nitrogen and oxygen atoms in total. The third-order valence-corrected chi connectivity index (χ3v) is 2.90. The van der Waals surface area contributed by atoms with Crippen molar-refractivity contribution < 1.29 is 13.2 Å². The molecule has 2 aromatic carbocycles. The Morgan fingerprint density at radius 3 is 2.33 bits per heavy atom. The third-order valence-electron chi connectivity index (χ3n) is 2.29. The van der Waals surface area contributed by atoms with Crippen LogP contribution in [0.15, 0.2) is 34.8 Å². The Morgan fingerprint density at radius 1 is 0.944 bits per heavy atom. The zero-order chi connectivity index (χ0) is 13.3. The van der Waals surface area contributed by atoms with Crippen molar-refractivity contribution in [3.63, 3.8) is 0 Å². The van der Waals surface area contributed by atoms with Crippen LogP contribution in [0.3, 0.4) is 0 Å². The number of anilines is 3. The quantitative estimate of drug-likeness (QED) is 0.815. The van der Waals surface area contributed by atoms with E-state index in [1.54, 1.807) is 0 Å². The van der Waals surface area contributed by atoms with E-state index in [9.17, 15) is 13.2 Å². The molecule has 0 saturated carbocycles. The van der Waals surface area contributed by atoms with E-state index in [0.29, 0.717) is 0 Å². The lowest BCUT2D eigenvalue weighted by molar-refractivity contribution is 0.586. The lowest BCUT2D eigenvalue weighted by atomic mass is 10.2. The minimum Gasteiger partial charge on any atom is -0.397 e. The van der Waals surface area contributed by atoms with Gasteiger partial charge in [-0.05, 0) is 34.1 Å². The number of nitrogen functional groups attached to an aromatic ring is 1. The summed E-state index contributed by atoms with van der Waals surface area (Å²) in [4.78, 5) is 0. The molecule has 94 valence electrons. The topological polar surface area (TPSA) is 38.0 Å². The van der Waals surface area contributed by atoms with Crippen molar-refractivity contribution in [3.05, 3.63) is 52.3 Å². The van der Waals surface area contributed by atoms with Crippen molar-refractivity contribution >= 4 is 33.0 Å². The molecule has 0 spiro atoms. The van der Waals surface area contributed by atoms with Crippen LogP contribution in [0.1, 0.15) is 0 Å². The van der Waals surface area contributed by atoms with Gasteiger partial charge in [-0.2, -0.15) is 0 Å². The molecule has 0 saturated heterocycles. The first-order chi connectivity index (χ1) is 8.47. The van der Waals surface area contributed by atoms with Crippen LogP contribution in [-0.2, 0) is 0 Å². The van der Waals surface area contributed by atoms with Crippen LogP contribution in [-0.4, -0.2) is 0 Å². The number of nitrogens with one attached hydrogen (secondary N) is 1. The van der Waals surface area contributed by atoms with E-state index < -0.39 is 17.5 Å².